The second kappa shape index (κ2) is 6.37. The minimum atomic E-state index is -0.460. The maximum atomic E-state index is 12.2. The Morgan fingerprint density at radius 2 is 2.22 bits per heavy atom. The lowest BCUT2D eigenvalue weighted by Crippen LogP contribution is -2.37. The zero-order chi connectivity index (χ0) is 16.4. The number of aromatic nitrogens is 2. The Morgan fingerprint density at radius 1 is 1.39 bits per heavy atom. The third-order valence-corrected chi connectivity index (χ3v) is 4.23. The Labute approximate surface area is 132 Å². The van der Waals surface area contributed by atoms with Crippen molar-refractivity contribution >= 4 is 16.8 Å². The SMILES string of the molecule is CCn1c(=O)[nH]c2cc(C(=O)NCC3CCCN3)ccc2c1=O. The van der Waals surface area contributed by atoms with E-state index in [9.17, 15) is 14.4 Å². The Bertz CT molecular complexity index is 847. The molecule has 0 spiro atoms. The average Bonchev–Trinajstić information content (AvgIpc) is 3.06. The highest BCUT2D eigenvalue weighted by molar-refractivity contribution is 5.97. The predicted molar refractivity (Wildman–Crippen MR) is 87.9 cm³/mol. The molecule has 3 N–H and O–H groups in total. The van der Waals surface area contributed by atoms with Gasteiger partial charge in [0.2, 0.25) is 0 Å². The van der Waals surface area contributed by atoms with Crippen LogP contribution in [0.1, 0.15) is 30.1 Å². The first-order valence-electron chi connectivity index (χ1n) is 7.88. The molecule has 1 aromatic carbocycles. The van der Waals surface area contributed by atoms with Gasteiger partial charge in [-0.05, 0) is 44.5 Å². The standard InChI is InChI=1S/C16H20N4O3/c1-2-20-15(22)12-6-5-10(8-13(12)19-16(20)23)14(21)18-9-11-4-3-7-17-11/h5-6,8,11,17H,2-4,7,9H2,1H3,(H,18,21)(H,19,23). The first-order chi connectivity index (χ1) is 11.1. The molecule has 2 heterocycles. The quantitative estimate of drug-likeness (QED) is 0.750. The number of nitrogens with one attached hydrogen (secondary N) is 3. The van der Waals surface area contributed by atoms with Gasteiger partial charge in [-0.15, -0.1) is 0 Å². The summed E-state index contributed by atoms with van der Waals surface area (Å²) < 4.78 is 1.13. The van der Waals surface area contributed by atoms with E-state index in [1.165, 1.54) is 0 Å². The molecule has 122 valence electrons. The molecular weight excluding hydrogens is 296 g/mol. The monoisotopic (exact) mass is 316 g/mol. The minimum Gasteiger partial charge on any atom is -0.350 e. The Kier molecular flexibility index (Phi) is 4.29. The van der Waals surface area contributed by atoms with Crippen molar-refractivity contribution in [1.29, 1.82) is 0 Å². The molecule has 3 rings (SSSR count). The number of benzene rings is 1. The van der Waals surface area contributed by atoms with Gasteiger partial charge in [0.1, 0.15) is 0 Å². The first kappa shape index (κ1) is 15.5. The molecular formula is C16H20N4O3. The van der Waals surface area contributed by atoms with Gasteiger partial charge >= 0.3 is 5.69 Å². The Hall–Kier alpha value is -2.41. The highest BCUT2D eigenvalue weighted by Gasteiger charge is 2.16. The third kappa shape index (κ3) is 3.05. The van der Waals surface area contributed by atoms with Crippen LogP contribution in [0.25, 0.3) is 10.9 Å². The molecule has 2 aromatic rings. The van der Waals surface area contributed by atoms with Crippen molar-refractivity contribution in [3.05, 3.63) is 44.6 Å². The van der Waals surface area contributed by atoms with Gasteiger partial charge in [-0.3, -0.25) is 14.2 Å². The van der Waals surface area contributed by atoms with Gasteiger partial charge < -0.3 is 15.6 Å². The molecule has 1 aliphatic heterocycles. The molecule has 1 saturated heterocycles. The predicted octanol–water partition coefficient (Wildman–Crippen LogP) is 0.192. The van der Waals surface area contributed by atoms with Crippen molar-refractivity contribution in [2.24, 2.45) is 0 Å². The van der Waals surface area contributed by atoms with Crippen LogP contribution in [0.15, 0.2) is 27.8 Å². The summed E-state index contributed by atoms with van der Waals surface area (Å²) in [6, 6.07) is 5.06. The molecule has 7 heteroatoms. The maximum Gasteiger partial charge on any atom is 0.328 e. The number of fused-ring (bicyclic) bond motifs is 1. The maximum absolute atomic E-state index is 12.2. The number of hydrogen-bond acceptors (Lipinski definition) is 4. The van der Waals surface area contributed by atoms with E-state index >= 15 is 0 Å². The van der Waals surface area contributed by atoms with Crippen LogP contribution in [0.5, 0.6) is 0 Å². The van der Waals surface area contributed by atoms with Crippen LogP contribution in [0.4, 0.5) is 0 Å². The largest absolute Gasteiger partial charge is 0.350 e. The first-order valence-corrected chi connectivity index (χ1v) is 7.88. The second-order valence-corrected chi connectivity index (χ2v) is 5.74. The topological polar surface area (TPSA) is 96.0 Å². The van der Waals surface area contributed by atoms with Gasteiger partial charge in [0.15, 0.2) is 0 Å². The van der Waals surface area contributed by atoms with E-state index in [2.05, 4.69) is 15.6 Å². The summed E-state index contributed by atoms with van der Waals surface area (Å²) in [4.78, 5) is 38.9. The molecule has 1 aliphatic rings. The summed E-state index contributed by atoms with van der Waals surface area (Å²) in [5, 5.41) is 6.60. The minimum absolute atomic E-state index is 0.207. The van der Waals surface area contributed by atoms with Crippen LogP contribution in [-0.4, -0.2) is 34.6 Å². The zero-order valence-electron chi connectivity index (χ0n) is 13.0. The fraction of sp³-hybridized carbons (Fsp3) is 0.438. The number of H-pyrrole nitrogens is 1. The average molecular weight is 316 g/mol. The van der Waals surface area contributed by atoms with E-state index < -0.39 is 5.69 Å². The van der Waals surface area contributed by atoms with Crippen LogP contribution in [-0.2, 0) is 6.54 Å². The molecule has 0 aliphatic carbocycles. The number of aromatic amines is 1. The molecule has 1 amide bonds. The van der Waals surface area contributed by atoms with Crippen LogP contribution < -0.4 is 21.9 Å². The van der Waals surface area contributed by atoms with Crippen molar-refractivity contribution in [2.75, 3.05) is 13.1 Å². The van der Waals surface area contributed by atoms with Gasteiger partial charge in [0, 0.05) is 24.7 Å². The summed E-state index contributed by atoms with van der Waals surface area (Å²) in [6.45, 7) is 3.61. The summed E-state index contributed by atoms with van der Waals surface area (Å²) >= 11 is 0. The van der Waals surface area contributed by atoms with Gasteiger partial charge in [0.25, 0.3) is 11.5 Å². The van der Waals surface area contributed by atoms with Crippen LogP contribution in [0.3, 0.4) is 0 Å². The van der Waals surface area contributed by atoms with Crippen molar-refractivity contribution in [2.45, 2.75) is 32.4 Å². The molecule has 1 aromatic heterocycles. The summed E-state index contributed by atoms with van der Waals surface area (Å²) in [6.07, 6.45) is 2.18. The van der Waals surface area contributed by atoms with Crippen molar-refractivity contribution in [3.8, 4) is 0 Å². The lowest BCUT2D eigenvalue weighted by atomic mass is 10.1. The summed E-state index contributed by atoms with van der Waals surface area (Å²) in [7, 11) is 0. The van der Waals surface area contributed by atoms with Crippen molar-refractivity contribution in [3.63, 3.8) is 0 Å². The third-order valence-electron chi connectivity index (χ3n) is 4.23. The normalized spacial score (nSPS) is 17.5. The molecule has 0 bridgehead atoms. The Balaban J connectivity index is 1.86. The number of amides is 1. The number of rotatable bonds is 4. The van der Waals surface area contributed by atoms with E-state index in [-0.39, 0.29) is 11.5 Å². The van der Waals surface area contributed by atoms with Crippen molar-refractivity contribution in [1.82, 2.24) is 20.2 Å². The van der Waals surface area contributed by atoms with Crippen LogP contribution in [0.2, 0.25) is 0 Å². The van der Waals surface area contributed by atoms with Gasteiger partial charge in [-0.2, -0.15) is 0 Å². The molecule has 1 fully saturated rings. The zero-order valence-corrected chi connectivity index (χ0v) is 13.0. The number of nitrogens with zero attached hydrogens (tertiary/aromatic N) is 1. The lowest BCUT2D eigenvalue weighted by Gasteiger charge is -2.12. The summed E-state index contributed by atoms with van der Waals surface area (Å²) in [5.41, 5.74) is 0.0159. The van der Waals surface area contributed by atoms with E-state index in [0.29, 0.717) is 35.6 Å². The van der Waals surface area contributed by atoms with E-state index in [4.69, 9.17) is 0 Å². The second-order valence-electron chi connectivity index (χ2n) is 5.74. The number of carbonyl (C=O) groups is 1. The van der Waals surface area contributed by atoms with Gasteiger partial charge in [0.05, 0.1) is 10.9 Å². The highest BCUT2D eigenvalue weighted by atomic mass is 16.2. The highest BCUT2D eigenvalue weighted by Crippen LogP contribution is 2.10. The smallest absolute Gasteiger partial charge is 0.328 e. The van der Waals surface area contributed by atoms with Crippen LogP contribution in [0, 0.1) is 0 Å². The Morgan fingerprint density at radius 3 is 2.91 bits per heavy atom. The van der Waals surface area contributed by atoms with Crippen molar-refractivity contribution < 1.29 is 4.79 Å². The number of hydrogen-bond donors (Lipinski definition) is 3. The molecule has 7 nitrogen and oxygen atoms in total. The van der Waals surface area contributed by atoms with Gasteiger partial charge in [-0.1, -0.05) is 0 Å². The number of carbonyl (C=O) groups excluding carboxylic acids is 1. The lowest BCUT2D eigenvalue weighted by molar-refractivity contribution is 0.0950. The molecule has 0 saturated carbocycles. The van der Waals surface area contributed by atoms with E-state index in [1.807, 2.05) is 0 Å². The fourth-order valence-corrected chi connectivity index (χ4v) is 2.93. The molecule has 0 radical (unpaired) electrons. The van der Waals surface area contributed by atoms with Gasteiger partial charge in [-0.25, -0.2) is 4.79 Å². The fourth-order valence-electron chi connectivity index (χ4n) is 2.93. The van der Waals surface area contributed by atoms with Crippen LogP contribution >= 0.6 is 0 Å². The molecule has 23 heavy (non-hydrogen) atoms. The molecule has 1 atom stereocenters. The molecule has 1 unspecified atom stereocenters. The van der Waals surface area contributed by atoms with E-state index in [0.717, 1.165) is 24.0 Å². The van der Waals surface area contributed by atoms with E-state index in [1.54, 1.807) is 25.1 Å². The summed E-state index contributed by atoms with van der Waals surface area (Å²) in [5.74, 6) is -0.207.